The molecular weight excluding hydrogens is 476 g/mol. The first-order chi connectivity index (χ1) is 17.2. The summed E-state index contributed by atoms with van der Waals surface area (Å²) in [7, 11) is 1.39. The fourth-order valence-electron chi connectivity index (χ4n) is 4.49. The summed E-state index contributed by atoms with van der Waals surface area (Å²) >= 11 is 0. The molecule has 36 heavy (non-hydrogen) atoms. The Labute approximate surface area is 204 Å². The number of benzene rings is 3. The topological polar surface area (TPSA) is 179 Å². The number of ether oxygens (including phenoxy) is 4. The molecule has 0 radical (unpaired) electrons. The smallest absolute Gasteiger partial charge is 0.203 e. The Morgan fingerprint density at radius 3 is 2.25 bits per heavy atom. The van der Waals surface area contributed by atoms with Gasteiger partial charge in [0.15, 0.2) is 41.3 Å². The van der Waals surface area contributed by atoms with Gasteiger partial charge in [-0.1, -0.05) is 6.07 Å². The minimum Gasteiger partial charge on any atom is -0.508 e. The molecular formula is C25H24O11. The van der Waals surface area contributed by atoms with E-state index in [0.717, 1.165) is 6.07 Å². The zero-order valence-electron chi connectivity index (χ0n) is 18.9. The first kappa shape index (κ1) is 23.7. The lowest BCUT2D eigenvalue weighted by Gasteiger charge is -2.37. The summed E-state index contributed by atoms with van der Waals surface area (Å²) in [6, 6.07) is 9.42. The molecule has 3 aromatic carbocycles. The third-order valence-electron chi connectivity index (χ3n) is 6.25. The van der Waals surface area contributed by atoms with Crippen molar-refractivity contribution in [2.45, 2.75) is 30.5 Å². The number of phenols is 4. The summed E-state index contributed by atoms with van der Waals surface area (Å²) in [4.78, 5) is 0. The average Bonchev–Trinajstić information content (AvgIpc) is 2.85. The van der Waals surface area contributed by atoms with Crippen molar-refractivity contribution in [3.05, 3.63) is 59.2 Å². The zero-order valence-corrected chi connectivity index (χ0v) is 18.9. The highest BCUT2D eigenvalue weighted by Crippen LogP contribution is 2.51. The summed E-state index contributed by atoms with van der Waals surface area (Å²) in [6.07, 6.45) is -6.07. The fraction of sp³-hybridized carbons (Fsp3) is 0.280. The van der Waals surface area contributed by atoms with Crippen LogP contribution in [0.15, 0.2) is 42.5 Å². The van der Waals surface area contributed by atoms with Crippen molar-refractivity contribution in [3.8, 4) is 46.0 Å². The zero-order chi connectivity index (χ0) is 25.7. The van der Waals surface area contributed by atoms with E-state index in [2.05, 4.69) is 0 Å². The Balaban J connectivity index is 1.53. The van der Waals surface area contributed by atoms with Crippen molar-refractivity contribution in [2.75, 3.05) is 13.7 Å². The summed E-state index contributed by atoms with van der Waals surface area (Å²) in [5.41, 5.74) is 0.647. The lowest BCUT2D eigenvalue weighted by atomic mass is 9.91. The molecule has 5 unspecified atom stereocenters. The van der Waals surface area contributed by atoms with Gasteiger partial charge in [0.05, 0.1) is 19.3 Å². The number of aliphatic hydroxyl groups is 3. The van der Waals surface area contributed by atoms with Crippen LogP contribution in [0.5, 0.6) is 46.0 Å². The molecule has 0 amide bonds. The van der Waals surface area contributed by atoms with E-state index < -0.39 is 42.9 Å². The lowest BCUT2D eigenvalue weighted by Crippen LogP contribution is -2.37. The van der Waals surface area contributed by atoms with Crippen LogP contribution in [0.2, 0.25) is 0 Å². The Bertz CT molecular complexity index is 1310. The maximum absolute atomic E-state index is 10.7. The fourth-order valence-corrected chi connectivity index (χ4v) is 4.49. The molecule has 7 N–H and O–H groups in total. The predicted molar refractivity (Wildman–Crippen MR) is 122 cm³/mol. The van der Waals surface area contributed by atoms with Crippen molar-refractivity contribution in [2.24, 2.45) is 0 Å². The van der Waals surface area contributed by atoms with Crippen molar-refractivity contribution in [1.29, 1.82) is 0 Å². The lowest BCUT2D eigenvalue weighted by molar-refractivity contribution is -0.0714. The maximum Gasteiger partial charge on any atom is 0.203 e. The van der Waals surface area contributed by atoms with E-state index in [1.165, 1.54) is 37.4 Å². The largest absolute Gasteiger partial charge is 0.508 e. The normalized spacial score (nSPS) is 24.5. The van der Waals surface area contributed by atoms with Gasteiger partial charge in [-0.25, -0.2) is 0 Å². The van der Waals surface area contributed by atoms with Gasteiger partial charge in [-0.05, 0) is 24.3 Å². The molecule has 2 heterocycles. The Morgan fingerprint density at radius 2 is 1.53 bits per heavy atom. The SMILES string of the molecule is COc1cc(C2Oc3cc(C4Oc5cc(O)cc(O)c5C(O)C4O)cc(O)c3OC2CO)ccc1O. The van der Waals surface area contributed by atoms with Crippen molar-refractivity contribution in [1.82, 2.24) is 0 Å². The summed E-state index contributed by atoms with van der Waals surface area (Å²) in [5, 5.41) is 71.8. The summed E-state index contributed by atoms with van der Waals surface area (Å²) < 4.78 is 22.8. The third kappa shape index (κ3) is 3.83. The number of methoxy groups -OCH3 is 1. The van der Waals surface area contributed by atoms with Crippen LogP contribution in [0, 0.1) is 0 Å². The van der Waals surface area contributed by atoms with Crippen LogP contribution in [0.4, 0.5) is 0 Å². The van der Waals surface area contributed by atoms with E-state index in [9.17, 15) is 35.7 Å². The molecule has 11 heteroatoms. The summed E-state index contributed by atoms with van der Waals surface area (Å²) in [6.45, 7) is -0.450. The van der Waals surface area contributed by atoms with E-state index in [4.69, 9.17) is 18.9 Å². The second-order valence-electron chi connectivity index (χ2n) is 8.53. The van der Waals surface area contributed by atoms with E-state index >= 15 is 0 Å². The monoisotopic (exact) mass is 500 g/mol. The predicted octanol–water partition coefficient (Wildman–Crippen LogP) is 1.92. The number of fused-ring (bicyclic) bond motifs is 2. The van der Waals surface area contributed by atoms with E-state index in [0.29, 0.717) is 5.56 Å². The van der Waals surface area contributed by atoms with Crippen LogP contribution < -0.4 is 18.9 Å². The molecule has 0 bridgehead atoms. The molecule has 2 aliphatic rings. The van der Waals surface area contributed by atoms with Crippen molar-refractivity contribution in [3.63, 3.8) is 0 Å². The average molecular weight is 500 g/mol. The maximum atomic E-state index is 10.7. The molecule has 0 spiro atoms. The van der Waals surface area contributed by atoms with Gasteiger partial charge in [-0.3, -0.25) is 0 Å². The number of aromatic hydroxyl groups is 4. The molecule has 0 aliphatic carbocycles. The Hall–Kier alpha value is -4.06. The number of rotatable bonds is 4. The summed E-state index contributed by atoms with van der Waals surface area (Å²) in [5.74, 6) is -1.02. The minimum absolute atomic E-state index is 0.0404. The third-order valence-corrected chi connectivity index (χ3v) is 6.25. The molecule has 11 nitrogen and oxygen atoms in total. The van der Waals surface area contributed by atoms with Gasteiger partial charge in [0.25, 0.3) is 0 Å². The number of phenolic OH excluding ortho intramolecular Hbond substituents is 4. The van der Waals surface area contributed by atoms with E-state index in [1.54, 1.807) is 6.07 Å². The van der Waals surface area contributed by atoms with Gasteiger partial charge in [0.1, 0.15) is 29.5 Å². The quantitative estimate of drug-likeness (QED) is 0.278. The number of aliphatic hydroxyl groups excluding tert-OH is 3. The van der Waals surface area contributed by atoms with E-state index in [-0.39, 0.29) is 51.4 Å². The first-order valence-corrected chi connectivity index (χ1v) is 11.0. The van der Waals surface area contributed by atoms with Gasteiger partial charge in [0, 0.05) is 23.3 Å². The molecule has 0 saturated heterocycles. The number of hydrogen-bond donors (Lipinski definition) is 7. The molecule has 2 aliphatic heterocycles. The van der Waals surface area contributed by atoms with Crippen LogP contribution in [0.3, 0.4) is 0 Å². The molecule has 5 atom stereocenters. The second kappa shape index (κ2) is 8.86. The van der Waals surface area contributed by atoms with Crippen LogP contribution in [0.1, 0.15) is 35.0 Å². The molecule has 5 rings (SSSR count). The standard InChI is InChI=1S/C25H24O11/c1-33-16-5-10(2-3-13(16)28)23-19(9-26)36-25-15(30)4-11(6-18(25)35-23)24-22(32)21(31)20-14(29)7-12(27)8-17(20)34-24/h2-8,19,21-24,26-32H,9H2,1H3. The Morgan fingerprint density at radius 1 is 0.778 bits per heavy atom. The molecule has 0 fully saturated rings. The molecule has 190 valence electrons. The van der Waals surface area contributed by atoms with Gasteiger partial charge >= 0.3 is 0 Å². The van der Waals surface area contributed by atoms with E-state index in [1.807, 2.05) is 0 Å². The first-order valence-electron chi connectivity index (χ1n) is 11.0. The highest BCUT2D eigenvalue weighted by molar-refractivity contribution is 5.57. The highest BCUT2D eigenvalue weighted by Gasteiger charge is 2.41. The minimum atomic E-state index is -1.55. The van der Waals surface area contributed by atoms with Gasteiger partial charge < -0.3 is 54.7 Å². The van der Waals surface area contributed by atoms with Crippen LogP contribution >= 0.6 is 0 Å². The van der Waals surface area contributed by atoms with Crippen molar-refractivity contribution >= 4 is 0 Å². The van der Waals surface area contributed by atoms with Crippen LogP contribution in [-0.2, 0) is 0 Å². The van der Waals surface area contributed by atoms with Gasteiger partial charge in [-0.2, -0.15) is 0 Å². The van der Waals surface area contributed by atoms with Crippen LogP contribution in [-0.4, -0.2) is 61.7 Å². The number of hydrogen-bond acceptors (Lipinski definition) is 11. The highest BCUT2D eigenvalue weighted by atomic mass is 16.6. The molecule has 3 aromatic rings. The Kier molecular flexibility index (Phi) is 5.83. The van der Waals surface area contributed by atoms with Gasteiger partial charge in [0.2, 0.25) is 5.75 Å². The molecule has 0 aromatic heterocycles. The van der Waals surface area contributed by atoms with Gasteiger partial charge in [-0.15, -0.1) is 0 Å². The van der Waals surface area contributed by atoms with Crippen molar-refractivity contribution < 1.29 is 54.7 Å². The molecule has 0 saturated carbocycles. The second-order valence-corrected chi connectivity index (χ2v) is 8.53. The van der Waals surface area contributed by atoms with Crippen LogP contribution in [0.25, 0.3) is 0 Å².